The molecule has 2 rings (SSSR count). The van der Waals surface area contributed by atoms with E-state index in [4.69, 9.17) is 0 Å². The Balaban J connectivity index is 2.64. The van der Waals surface area contributed by atoms with Gasteiger partial charge in [0.25, 0.3) is 5.56 Å². The Morgan fingerprint density at radius 3 is 2.70 bits per heavy atom. The molecule has 1 heterocycles. The summed E-state index contributed by atoms with van der Waals surface area (Å²) in [6.07, 6.45) is -3.65. The molecule has 0 saturated heterocycles. The Morgan fingerprint density at radius 2 is 2.10 bits per heavy atom. The number of aromatic nitrogens is 2. The minimum atomic E-state index is -4.59. The molecule has 0 aliphatic rings. The zero-order valence-corrected chi connectivity index (χ0v) is 10.4. The van der Waals surface area contributed by atoms with Gasteiger partial charge in [-0.1, -0.05) is 6.07 Å². The van der Waals surface area contributed by atoms with Crippen molar-refractivity contribution in [3.8, 4) is 0 Å². The molecule has 0 aliphatic heterocycles. The number of fused-ring (bicyclic) bond motifs is 1. The Morgan fingerprint density at radius 1 is 1.40 bits per heavy atom. The quantitative estimate of drug-likeness (QED) is 0.900. The highest BCUT2D eigenvalue weighted by atomic mass is 19.4. The summed E-state index contributed by atoms with van der Waals surface area (Å²) in [5.41, 5.74) is -2.08. The number of carbonyl (C=O) groups is 1. The van der Waals surface area contributed by atoms with Gasteiger partial charge in [-0.3, -0.25) is 14.2 Å². The summed E-state index contributed by atoms with van der Waals surface area (Å²) in [6.45, 7) is -0.297. The smallest absolute Gasteiger partial charge is 0.358 e. The second-order valence-corrected chi connectivity index (χ2v) is 4.05. The van der Waals surface area contributed by atoms with Gasteiger partial charge in [0.2, 0.25) is 5.91 Å². The lowest BCUT2D eigenvalue weighted by Gasteiger charge is -2.10. The van der Waals surface area contributed by atoms with Crippen LogP contribution >= 0.6 is 0 Å². The van der Waals surface area contributed by atoms with Gasteiger partial charge in [0.15, 0.2) is 0 Å². The predicted octanol–water partition coefficient (Wildman–Crippen LogP) is 1.16. The molecule has 1 N–H and O–H groups in total. The molecule has 0 bridgehead atoms. The molecule has 0 fully saturated rings. The number of para-hydroxylation sites is 1. The van der Waals surface area contributed by atoms with E-state index in [2.05, 4.69) is 10.3 Å². The molecule has 2 aromatic rings. The number of likely N-dealkylation sites (N-methyl/N-ethyl adjacent to an activating group) is 1. The summed E-state index contributed by atoms with van der Waals surface area (Å²) in [4.78, 5) is 26.9. The van der Waals surface area contributed by atoms with Crippen molar-refractivity contribution in [1.29, 1.82) is 0 Å². The van der Waals surface area contributed by atoms with Gasteiger partial charge in [0, 0.05) is 7.05 Å². The number of hydrogen-bond donors (Lipinski definition) is 1. The number of carbonyl (C=O) groups excluding carboxylic acids is 1. The number of nitrogens with zero attached hydrogens (tertiary/aromatic N) is 2. The first-order chi connectivity index (χ1) is 9.34. The molecule has 0 saturated carbocycles. The Hall–Kier alpha value is -2.38. The predicted molar refractivity (Wildman–Crippen MR) is 65.1 cm³/mol. The van der Waals surface area contributed by atoms with Gasteiger partial charge in [-0.15, -0.1) is 0 Å². The second-order valence-electron chi connectivity index (χ2n) is 4.05. The van der Waals surface area contributed by atoms with Crippen LogP contribution in [0.1, 0.15) is 5.56 Å². The monoisotopic (exact) mass is 285 g/mol. The number of nitrogens with one attached hydrogen (secondary N) is 1. The molecular formula is C12H10F3N3O2. The molecule has 0 spiro atoms. The van der Waals surface area contributed by atoms with E-state index < -0.39 is 28.7 Å². The highest BCUT2D eigenvalue weighted by Crippen LogP contribution is 2.32. The SMILES string of the molecule is CNC(=O)Cn1cnc2c(C(F)(F)F)cccc2c1=O. The van der Waals surface area contributed by atoms with Gasteiger partial charge in [-0.2, -0.15) is 13.2 Å². The molecule has 5 nitrogen and oxygen atoms in total. The third kappa shape index (κ3) is 2.49. The van der Waals surface area contributed by atoms with Crippen LogP contribution in [0, 0.1) is 0 Å². The molecule has 1 aromatic heterocycles. The lowest BCUT2D eigenvalue weighted by molar-refractivity contribution is -0.136. The Labute approximate surface area is 111 Å². The van der Waals surface area contributed by atoms with Crippen molar-refractivity contribution in [3.63, 3.8) is 0 Å². The van der Waals surface area contributed by atoms with E-state index in [0.717, 1.165) is 23.0 Å². The molecule has 0 atom stereocenters. The number of alkyl halides is 3. The van der Waals surface area contributed by atoms with Crippen LogP contribution in [0.2, 0.25) is 0 Å². The number of amides is 1. The Bertz CT molecular complexity index is 722. The molecule has 20 heavy (non-hydrogen) atoms. The van der Waals surface area contributed by atoms with Crippen molar-refractivity contribution in [1.82, 2.24) is 14.9 Å². The van der Waals surface area contributed by atoms with E-state index in [1.165, 1.54) is 13.1 Å². The third-order valence-electron chi connectivity index (χ3n) is 2.75. The van der Waals surface area contributed by atoms with Crippen LogP contribution < -0.4 is 10.9 Å². The fourth-order valence-corrected chi connectivity index (χ4v) is 1.76. The van der Waals surface area contributed by atoms with Crippen molar-refractivity contribution in [2.45, 2.75) is 12.7 Å². The van der Waals surface area contributed by atoms with E-state index >= 15 is 0 Å². The third-order valence-corrected chi connectivity index (χ3v) is 2.75. The molecule has 1 amide bonds. The lowest BCUT2D eigenvalue weighted by atomic mass is 10.1. The summed E-state index contributed by atoms with van der Waals surface area (Å²) in [7, 11) is 1.39. The number of benzene rings is 1. The van der Waals surface area contributed by atoms with Gasteiger partial charge in [-0.25, -0.2) is 4.98 Å². The van der Waals surface area contributed by atoms with E-state index in [1.807, 2.05) is 0 Å². The van der Waals surface area contributed by atoms with Gasteiger partial charge in [-0.05, 0) is 12.1 Å². The highest BCUT2D eigenvalue weighted by Gasteiger charge is 2.33. The zero-order valence-electron chi connectivity index (χ0n) is 10.4. The molecule has 8 heteroatoms. The fourth-order valence-electron chi connectivity index (χ4n) is 1.76. The molecule has 1 aromatic carbocycles. The maximum atomic E-state index is 12.8. The maximum Gasteiger partial charge on any atom is 0.418 e. The summed E-state index contributed by atoms with van der Waals surface area (Å²) >= 11 is 0. The summed E-state index contributed by atoms with van der Waals surface area (Å²) < 4.78 is 39.4. The van der Waals surface area contributed by atoms with Gasteiger partial charge < -0.3 is 5.32 Å². The summed E-state index contributed by atoms with van der Waals surface area (Å²) in [5.74, 6) is -0.444. The largest absolute Gasteiger partial charge is 0.418 e. The van der Waals surface area contributed by atoms with Gasteiger partial charge in [0.1, 0.15) is 6.54 Å². The normalized spacial score (nSPS) is 11.6. The lowest BCUT2D eigenvalue weighted by Crippen LogP contribution is -2.30. The van der Waals surface area contributed by atoms with Crippen molar-refractivity contribution in [3.05, 3.63) is 40.4 Å². The molecule has 0 unspecified atom stereocenters. The van der Waals surface area contributed by atoms with E-state index in [-0.39, 0.29) is 11.9 Å². The van der Waals surface area contributed by atoms with Crippen molar-refractivity contribution < 1.29 is 18.0 Å². The average molecular weight is 285 g/mol. The molecular weight excluding hydrogens is 275 g/mol. The van der Waals surface area contributed by atoms with Crippen molar-refractivity contribution in [2.24, 2.45) is 0 Å². The Kier molecular flexibility index (Phi) is 3.47. The first-order valence-corrected chi connectivity index (χ1v) is 5.60. The van der Waals surface area contributed by atoms with Gasteiger partial charge >= 0.3 is 6.18 Å². The standard InChI is InChI=1S/C12H10F3N3O2/c1-16-9(19)5-18-6-17-10-7(11(18)20)3-2-4-8(10)12(13,14)15/h2-4,6H,5H2,1H3,(H,16,19). The van der Waals surface area contributed by atoms with Gasteiger partial charge in [0.05, 0.1) is 22.8 Å². The first-order valence-electron chi connectivity index (χ1n) is 5.60. The number of rotatable bonds is 2. The number of halogens is 3. The maximum absolute atomic E-state index is 12.8. The van der Waals surface area contributed by atoms with Crippen molar-refractivity contribution >= 4 is 16.8 Å². The summed E-state index contributed by atoms with van der Waals surface area (Å²) in [5, 5.41) is 2.14. The van der Waals surface area contributed by atoms with Crippen LogP contribution in [0.4, 0.5) is 13.2 Å². The van der Waals surface area contributed by atoms with E-state index in [1.54, 1.807) is 0 Å². The number of hydrogen-bond acceptors (Lipinski definition) is 3. The van der Waals surface area contributed by atoms with Crippen LogP contribution in [-0.4, -0.2) is 22.5 Å². The summed E-state index contributed by atoms with van der Waals surface area (Å²) in [6, 6.07) is 3.25. The highest BCUT2D eigenvalue weighted by molar-refractivity contribution is 5.82. The first kappa shape index (κ1) is 14.0. The topological polar surface area (TPSA) is 64.0 Å². The average Bonchev–Trinajstić information content (AvgIpc) is 2.40. The van der Waals surface area contributed by atoms with Crippen molar-refractivity contribution in [2.75, 3.05) is 7.05 Å². The fraction of sp³-hybridized carbons (Fsp3) is 0.250. The van der Waals surface area contributed by atoms with Crippen LogP contribution in [0.3, 0.4) is 0 Å². The molecule has 0 aliphatic carbocycles. The minimum Gasteiger partial charge on any atom is -0.358 e. The second kappa shape index (κ2) is 4.95. The van der Waals surface area contributed by atoms with Crippen LogP contribution in [-0.2, 0) is 17.5 Å². The van der Waals surface area contributed by atoms with Crippen LogP contribution in [0.15, 0.2) is 29.3 Å². The van der Waals surface area contributed by atoms with Crippen LogP contribution in [0.25, 0.3) is 10.9 Å². The minimum absolute atomic E-state index is 0.175. The van der Waals surface area contributed by atoms with Crippen LogP contribution in [0.5, 0.6) is 0 Å². The molecule has 0 radical (unpaired) electrons. The van der Waals surface area contributed by atoms with E-state index in [9.17, 15) is 22.8 Å². The zero-order chi connectivity index (χ0) is 14.9. The van der Waals surface area contributed by atoms with E-state index in [0.29, 0.717) is 0 Å². The molecule has 106 valence electrons.